The van der Waals surface area contributed by atoms with Crippen LogP contribution in [0, 0.1) is 5.82 Å². The molecule has 3 aromatic carbocycles. The number of carbonyl (C=O) groups is 3. The Balaban J connectivity index is 1.49. The van der Waals surface area contributed by atoms with Crippen molar-refractivity contribution in [3.05, 3.63) is 95.3 Å². The molecule has 0 aliphatic rings. The van der Waals surface area contributed by atoms with Crippen molar-refractivity contribution in [3.63, 3.8) is 0 Å². The van der Waals surface area contributed by atoms with Crippen molar-refractivity contribution in [1.82, 2.24) is 5.32 Å². The second kappa shape index (κ2) is 10.2. The molecule has 0 aliphatic carbocycles. The van der Waals surface area contributed by atoms with Crippen molar-refractivity contribution in [2.24, 2.45) is 0 Å². The standard InChI is InChI=1S/C24H22FN3O3/c1-16(29)18-6-4-7-21(13-18)28-23(30)15-26-20-11-9-17(10-12-20)24(31)27-14-19-5-2-3-8-22(19)25/h2-13,26H,14-15H2,1H3,(H,27,31)(H,28,30). The molecule has 0 radical (unpaired) electrons. The number of anilines is 2. The first-order valence-corrected chi connectivity index (χ1v) is 9.69. The summed E-state index contributed by atoms with van der Waals surface area (Å²) in [6.07, 6.45) is 0. The van der Waals surface area contributed by atoms with Crippen LogP contribution in [0.15, 0.2) is 72.8 Å². The molecule has 0 bridgehead atoms. The summed E-state index contributed by atoms with van der Waals surface area (Å²) < 4.78 is 13.6. The third-order valence-corrected chi connectivity index (χ3v) is 4.55. The van der Waals surface area contributed by atoms with Crippen LogP contribution in [0.5, 0.6) is 0 Å². The number of nitrogens with one attached hydrogen (secondary N) is 3. The van der Waals surface area contributed by atoms with Crippen LogP contribution < -0.4 is 16.0 Å². The first-order chi connectivity index (χ1) is 14.9. The average molecular weight is 419 g/mol. The lowest BCUT2D eigenvalue weighted by atomic mass is 10.1. The van der Waals surface area contributed by atoms with Crippen molar-refractivity contribution in [1.29, 1.82) is 0 Å². The first kappa shape index (κ1) is 21.7. The fourth-order valence-electron chi connectivity index (χ4n) is 2.86. The number of amides is 2. The number of hydrogen-bond donors (Lipinski definition) is 3. The van der Waals surface area contributed by atoms with E-state index in [4.69, 9.17) is 0 Å². The third-order valence-electron chi connectivity index (χ3n) is 4.55. The summed E-state index contributed by atoms with van der Waals surface area (Å²) in [7, 11) is 0. The van der Waals surface area contributed by atoms with E-state index in [0.29, 0.717) is 28.1 Å². The number of carbonyl (C=O) groups excluding carboxylic acids is 3. The van der Waals surface area contributed by atoms with Gasteiger partial charge in [0.1, 0.15) is 5.82 Å². The van der Waals surface area contributed by atoms with E-state index in [9.17, 15) is 18.8 Å². The minimum Gasteiger partial charge on any atom is -0.376 e. The molecule has 3 aromatic rings. The molecular weight excluding hydrogens is 397 g/mol. The lowest BCUT2D eigenvalue weighted by Crippen LogP contribution is -2.23. The molecule has 0 unspecified atom stereocenters. The van der Waals surface area contributed by atoms with Crippen LogP contribution in [0.4, 0.5) is 15.8 Å². The molecule has 3 N–H and O–H groups in total. The Kier molecular flexibility index (Phi) is 7.11. The van der Waals surface area contributed by atoms with Crippen LogP contribution in [0.25, 0.3) is 0 Å². The zero-order valence-corrected chi connectivity index (χ0v) is 16.9. The molecule has 0 aliphatic heterocycles. The maximum Gasteiger partial charge on any atom is 0.251 e. The van der Waals surface area contributed by atoms with E-state index in [1.165, 1.54) is 13.0 Å². The van der Waals surface area contributed by atoms with Gasteiger partial charge in [-0.1, -0.05) is 30.3 Å². The molecule has 158 valence electrons. The van der Waals surface area contributed by atoms with Gasteiger partial charge in [-0.15, -0.1) is 0 Å². The van der Waals surface area contributed by atoms with Gasteiger partial charge < -0.3 is 16.0 Å². The summed E-state index contributed by atoms with van der Waals surface area (Å²) in [6.45, 7) is 1.58. The summed E-state index contributed by atoms with van der Waals surface area (Å²) >= 11 is 0. The maximum atomic E-state index is 13.6. The van der Waals surface area contributed by atoms with Gasteiger partial charge in [-0.2, -0.15) is 0 Å². The van der Waals surface area contributed by atoms with E-state index < -0.39 is 0 Å². The highest BCUT2D eigenvalue weighted by atomic mass is 19.1. The van der Waals surface area contributed by atoms with E-state index in [1.807, 2.05) is 0 Å². The monoisotopic (exact) mass is 419 g/mol. The summed E-state index contributed by atoms with van der Waals surface area (Å²) in [5.74, 6) is -1.04. The van der Waals surface area contributed by atoms with E-state index in [0.717, 1.165) is 0 Å². The second-order valence-electron chi connectivity index (χ2n) is 6.89. The number of halogens is 1. The first-order valence-electron chi connectivity index (χ1n) is 9.69. The Labute approximate surface area is 179 Å². The lowest BCUT2D eigenvalue weighted by molar-refractivity contribution is -0.114. The van der Waals surface area contributed by atoms with Crippen molar-refractivity contribution in [2.45, 2.75) is 13.5 Å². The quantitative estimate of drug-likeness (QED) is 0.482. The van der Waals surface area contributed by atoms with Gasteiger partial charge in [-0.3, -0.25) is 14.4 Å². The lowest BCUT2D eigenvalue weighted by Gasteiger charge is -2.10. The van der Waals surface area contributed by atoms with E-state index >= 15 is 0 Å². The predicted molar refractivity (Wildman–Crippen MR) is 118 cm³/mol. The van der Waals surface area contributed by atoms with E-state index in [1.54, 1.807) is 66.7 Å². The average Bonchev–Trinajstić information content (AvgIpc) is 2.77. The molecule has 31 heavy (non-hydrogen) atoms. The number of benzene rings is 3. The van der Waals surface area contributed by atoms with Gasteiger partial charge >= 0.3 is 0 Å². The van der Waals surface area contributed by atoms with Gasteiger partial charge in [0.15, 0.2) is 5.78 Å². The van der Waals surface area contributed by atoms with Gasteiger partial charge in [0.25, 0.3) is 5.91 Å². The van der Waals surface area contributed by atoms with Crippen LogP contribution in [-0.4, -0.2) is 24.1 Å². The molecule has 0 saturated carbocycles. The Bertz CT molecular complexity index is 1100. The van der Waals surface area contributed by atoms with Gasteiger partial charge in [-0.25, -0.2) is 4.39 Å². The van der Waals surface area contributed by atoms with E-state index in [-0.39, 0.29) is 36.5 Å². The van der Waals surface area contributed by atoms with Crippen LogP contribution in [0.1, 0.15) is 33.2 Å². The Morgan fingerprint density at radius 2 is 1.58 bits per heavy atom. The molecule has 0 aromatic heterocycles. The van der Waals surface area contributed by atoms with Crippen molar-refractivity contribution in [2.75, 3.05) is 17.2 Å². The summed E-state index contributed by atoms with van der Waals surface area (Å²) in [6, 6.07) is 19.6. The number of rotatable bonds is 8. The van der Waals surface area contributed by atoms with Crippen molar-refractivity contribution in [3.8, 4) is 0 Å². The van der Waals surface area contributed by atoms with Gasteiger partial charge in [0, 0.05) is 34.6 Å². The van der Waals surface area contributed by atoms with Gasteiger partial charge in [-0.05, 0) is 49.4 Å². The van der Waals surface area contributed by atoms with Crippen LogP contribution in [-0.2, 0) is 11.3 Å². The molecule has 0 fully saturated rings. The third kappa shape index (κ3) is 6.24. The Morgan fingerprint density at radius 3 is 2.29 bits per heavy atom. The minimum atomic E-state index is -0.367. The molecule has 7 heteroatoms. The Hall–Kier alpha value is -4.00. The van der Waals surface area contributed by atoms with E-state index in [2.05, 4.69) is 16.0 Å². The summed E-state index contributed by atoms with van der Waals surface area (Å²) in [5.41, 5.74) is 2.57. The Morgan fingerprint density at radius 1 is 0.839 bits per heavy atom. The molecule has 0 spiro atoms. The molecule has 0 atom stereocenters. The fourth-order valence-corrected chi connectivity index (χ4v) is 2.86. The highest BCUT2D eigenvalue weighted by Gasteiger charge is 2.08. The highest BCUT2D eigenvalue weighted by molar-refractivity contribution is 5.98. The largest absolute Gasteiger partial charge is 0.376 e. The van der Waals surface area contributed by atoms with Gasteiger partial charge in [0.05, 0.1) is 6.54 Å². The van der Waals surface area contributed by atoms with Crippen molar-refractivity contribution < 1.29 is 18.8 Å². The van der Waals surface area contributed by atoms with Crippen LogP contribution in [0.3, 0.4) is 0 Å². The molecule has 0 heterocycles. The number of ketones is 1. The molecule has 6 nitrogen and oxygen atoms in total. The highest BCUT2D eigenvalue weighted by Crippen LogP contribution is 2.13. The number of Topliss-reactive ketones (excluding diaryl/α,β-unsaturated/α-hetero) is 1. The maximum absolute atomic E-state index is 13.6. The zero-order valence-electron chi connectivity index (χ0n) is 16.9. The van der Waals surface area contributed by atoms with Crippen LogP contribution >= 0.6 is 0 Å². The summed E-state index contributed by atoms with van der Waals surface area (Å²) in [5, 5.41) is 8.38. The SMILES string of the molecule is CC(=O)c1cccc(NC(=O)CNc2ccc(C(=O)NCc3ccccc3F)cc2)c1. The van der Waals surface area contributed by atoms with Crippen molar-refractivity contribution >= 4 is 29.0 Å². The smallest absolute Gasteiger partial charge is 0.251 e. The second-order valence-corrected chi connectivity index (χ2v) is 6.89. The molecular formula is C24H22FN3O3. The van der Waals surface area contributed by atoms with Gasteiger partial charge in [0.2, 0.25) is 5.91 Å². The fraction of sp³-hybridized carbons (Fsp3) is 0.125. The zero-order chi connectivity index (χ0) is 22.2. The topological polar surface area (TPSA) is 87.3 Å². The number of hydrogen-bond acceptors (Lipinski definition) is 4. The summed E-state index contributed by atoms with van der Waals surface area (Å²) in [4.78, 5) is 35.8. The molecule has 3 rings (SSSR count). The molecule has 0 saturated heterocycles. The predicted octanol–water partition coefficient (Wildman–Crippen LogP) is 4.01. The normalized spacial score (nSPS) is 10.3. The molecule has 2 amide bonds. The minimum absolute atomic E-state index is 0.0170. The van der Waals surface area contributed by atoms with Crippen LogP contribution in [0.2, 0.25) is 0 Å².